The van der Waals surface area contributed by atoms with Gasteiger partial charge in [0.1, 0.15) is 11.3 Å². The zero-order chi connectivity index (χ0) is 13.1. The highest BCUT2D eigenvalue weighted by atomic mass is 32.1. The molecule has 0 atom stereocenters. The zero-order valence-electron chi connectivity index (χ0n) is 8.75. The van der Waals surface area contributed by atoms with Gasteiger partial charge in [-0.3, -0.25) is 0 Å². The normalized spacial score (nSPS) is 11.1. The molecule has 94 valence electrons. The maximum atomic E-state index is 12.1. The second-order valence-corrected chi connectivity index (χ2v) is 3.40. The van der Waals surface area contributed by atoms with E-state index >= 15 is 0 Å². The molecule has 1 aromatic carbocycles. The lowest BCUT2D eigenvalue weighted by molar-refractivity contribution is -0.274. The summed E-state index contributed by atoms with van der Waals surface area (Å²) in [6.45, 7) is 1.59. The molecule has 0 saturated heterocycles. The summed E-state index contributed by atoms with van der Waals surface area (Å²) in [5.74, 6) is -1.53. The van der Waals surface area contributed by atoms with Crippen LogP contribution in [-0.4, -0.2) is 18.9 Å². The number of thiol groups is 1. The Morgan fingerprint density at radius 3 is 2.59 bits per heavy atom. The van der Waals surface area contributed by atoms with E-state index in [1.165, 1.54) is 12.1 Å². The van der Waals surface area contributed by atoms with Crippen molar-refractivity contribution in [1.29, 1.82) is 0 Å². The number of alkyl halides is 3. The fraction of sp³-hybridized carbons (Fsp3) is 0.300. The van der Waals surface area contributed by atoms with Crippen molar-refractivity contribution in [2.75, 3.05) is 6.61 Å². The van der Waals surface area contributed by atoms with E-state index in [-0.39, 0.29) is 17.1 Å². The molecule has 0 unspecified atom stereocenters. The predicted octanol–water partition coefficient (Wildman–Crippen LogP) is 3.05. The molecule has 0 amide bonds. The first kappa shape index (κ1) is 13.7. The van der Waals surface area contributed by atoms with Gasteiger partial charge in [0.2, 0.25) is 0 Å². The molecule has 0 fully saturated rings. The number of ether oxygens (including phenoxy) is 2. The SMILES string of the molecule is CCOC(=O)c1c(S)cccc1OC(F)(F)F. The third kappa shape index (κ3) is 3.85. The second kappa shape index (κ2) is 5.31. The first-order chi connectivity index (χ1) is 7.85. The maximum absolute atomic E-state index is 12.1. The van der Waals surface area contributed by atoms with Crippen molar-refractivity contribution in [1.82, 2.24) is 0 Å². The average Bonchev–Trinajstić information content (AvgIpc) is 2.15. The van der Waals surface area contributed by atoms with Gasteiger partial charge in [0.15, 0.2) is 0 Å². The molecule has 17 heavy (non-hydrogen) atoms. The van der Waals surface area contributed by atoms with Gasteiger partial charge in [-0.1, -0.05) is 6.07 Å². The standard InChI is InChI=1S/C10H9F3O3S/c1-2-15-9(14)8-6(16-10(11,12)13)4-3-5-7(8)17/h3-5,17H,2H2,1H3. The Morgan fingerprint density at radius 2 is 2.06 bits per heavy atom. The van der Waals surface area contributed by atoms with Gasteiger partial charge in [-0.2, -0.15) is 0 Å². The van der Waals surface area contributed by atoms with Gasteiger partial charge in [0.25, 0.3) is 0 Å². The zero-order valence-corrected chi connectivity index (χ0v) is 9.64. The second-order valence-electron chi connectivity index (χ2n) is 2.92. The Labute approximate surface area is 101 Å². The van der Waals surface area contributed by atoms with E-state index in [1.807, 2.05) is 0 Å². The highest BCUT2D eigenvalue weighted by Crippen LogP contribution is 2.30. The summed E-state index contributed by atoms with van der Waals surface area (Å²) in [5.41, 5.74) is -0.338. The Balaban J connectivity index is 3.13. The molecule has 1 rings (SSSR count). The Bertz CT molecular complexity index is 418. The van der Waals surface area contributed by atoms with Crippen molar-refractivity contribution in [2.24, 2.45) is 0 Å². The highest BCUT2D eigenvalue weighted by Gasteiger charge is 2.33. The van der Waals surface area contributed by atoms with E-state index in [9.17, 15) is 18.0 Å². The smallest absolute Gasteiger partial charge is 0.462 e. The van der Waals surface area contributed by atoms with Crippen LogP contribution in [-0.2, 0) is 4.74 Å². The number of benzene rings is 1. The van der Waals surface area contributed by atoms with Crippen LogP contribution in [0, 0.1) is 0 Å². The monoisotopic (exact) mass is 266 g/mol. The van der Waals surface area contributed by atoms with Crippen LogP contribution in [0.5, 0.6) is 5.75 Å². The molecule has 0 heterocycles. The first-order valence-corrected chi connectivity index (χ1v) is 5.04. The minimum Gasteiger partial charge on any atom is -0.462 e. The van der Waals surface area contributed by atoms with Gasteiger partial charge >= 0.3 is 12.3 Å². The molecule has 0 aliphatic rings. The van der Waals surface area contributed by atoms with Crippen molar-refractivity contribution in [3.8, 4) is 5.75 Å². The first-order valence-electron chi connectivity index (χ1n) is 4.60. The van der Waals surface area contributed by atoms with Gasteiger partial charge in [-0.15, -0.1) is 25.8 Å². The fourth-order valence-corrected chi connectivity index (χ4v) is 1.43. The van der Waals surface area contributed by atoms with Crippen molar-refractivity contribution < 1.29 is 27.4 Å². The fourth-order valence-electron chi connectivity index (χ4n) is 1.14. The van der Waals surface area contributed by atoms with Crippen LogP contribution in [0.3, 0.4) is 0 Å². The number of carbonyl (C=O) groups excluding carboxylic acids is 1. The van der Waals surface area contributed by atoms with Crippen molar-refractivity contribution in [3.05, 3.63) is 23.8 Å². The number of rotatable bonds is 3. The Hall–Kier alpha value is -1.37. The molecule has 3 nitrogen and oxygen atoms in total. The number of halogens is 3. The molecule has 1 aromatic rings. The average molecular weight is 266 g/mol. The van der Waals surface area contributed by atoms with Crippen LogP contribution in [0.1, 0.15) is 17.3 Å². The molecule has 7 heteroatoms. The predicted molar refractivity (Wildman–Crippen MR) is 56.3 cm³/mol. The van der Waals surface area contributed by atoms with Crippen LogP contribution in [0.15, 0.2) is 23.1 Å². The minimum atomic E-state index is -4.87. The summed E-state index contributed by atoms with van der Waals surface area (Å²) < 4.78 is 44.7. The topological polar surface area (TPSA) is 35.5 Å². The largest absolute Gasteiger partial charge is 0.573 e. The molecule has 0 N–H and O–H groups in total. The molecule has 0 aliphatic heterocycles. The third-order valence-corrected chi connectivity index (χ3v) is 2.08. The molecule has 0 radical (unpaired) electrons. The van der Waals surface area contributed by atoms with Gasteiger partial charge in [-0.05, 0) is 19.1 Å². The number of hydrogen-bond acceptors (Lipinski definition) is 4. The summed E-state index contributed by atoms with van der Waals surface area (Å²) in [4.78, 5) is 11.5. The molecule has 0 saturated carbocycles. The highest BCUT2D eigenvalue weighted by molar-refractivity contribution is 7.80. The molecule has 0 aromatic heterocycles. The number of esters is 1. The van der Waals surface area contributed by atoms with Crippen LogP contribution in [0.4, 0.5) is 13.2 Å². The lowest BCUT2D eigenvalue weighted by atomic mass is 10.2. The summed E-state index contributed by atoms with van der Waals surface area (Å²) in [6, 6.07) is 3.70. The third-order valence-electron chi connectivity index (χ3n) is 1.71. The molecule has 0 spiro atoms. The quantitative estimate of drug-likeness (QED) is 0.674. The van der Waals surface area contributed by atoms with E-state index < -0.39 is 18.1 Å². The van der Waals surface area contributed by atoms with E-state index in [4.69, 9.17) is 0 Å². The van der Waals surface area contributed by atoms with Crippen LogP contribution in [0.2, 0.25) is 0 Å². The van der Waals surface area contributed by atoms with Crippen molar-refractivity contribution in [2.45, 2.75) is 18.2 Å². The van der Waals surface area contributed by atoms with E-state index in [0.29, 0.717) is 0 Å². The molecular formula is C10H9F3O3S. The summed E-state index contributed by atoms with van der Waals surface area (Å²) in [6.07, 6.45) is -4.87. The summed E-state index contributed by atoms with van der Waals surface area (Å²) >= 11 is 3.90. The van der Waals surface area contributed by atoms with Gasteiger partial charge < -0.3 is 9.47 Å². The lowest BCUT2D eigenvalue weighted by Crippen LogP contribution is -2.19. The van der Waals surface area contributed by atoms with E-state index in [0.717, 1.165) is 6.07 Å². The van der Waals surface area contributed by atoms with Crippen LogP contribution in [0.25, 0.3) is 0 Å². The lowest BCUT2D eigenvalue weighted by Gasteiger charge is -2.13. The van der Waals surface area contributed by atoms with Crippen molar-refractivity contribution >= 4 is 18.6 Å². The molecule has 0 aliphatic carbocycles. The van der Waals surface area contributed by atoms with E-state index in [2.05, 4.69) is 22.1 Å². The molecular weight excluding hydrogens is 257 g/mol. The van der Waals surface area contributed by atoms with E-state index in [1.54, 1.807) is 6.92 Å². The summed E-state index contributed by atoms with van der Waals surface area (Å²) in [5, 5.41) is 0. The molecule has 0 bridgehead atoms. The minimum absolute atomic E-state index is 0.0480. The van der Waals surface area contributed by atoms with Crippen LogP contribution >= 0.6 is 12.6 Å². The Kier molecular flexibility index (Phi) is 4.28. The summed E-state index contributed by atoms with van der Waals surface area (Å²) in [7, 11) is 0. The number of hydrogen-bond donors (Lipinski definition) is 1. The van der Waals surface area contributed by atoms with Gasteiger partial charge in [-0.25, -0.2) is 4.79 Å². The van der Waals surface area contributed by atoms with Crippen molar-refractivity contribution in [3.63, 3.8) is 0 Å². The van der Waals surface area contributed by atoms with Crippen LogP contribution < -0.4 is 4.74 Å². The maximum Gasteiger partial charge on any atom is 0.573 e. The Morgan fingerprint density at radius 1 is 1.41 bits per heavy atom. The van der Waals surface area contributed by atoms with Gasteiger partial charge in [0, 0.05) is 4.90 Å². The van der Waals surface area contributed by atoms with Gasteiger partial charge in [0.05, 0.1) is 6.61 Å². The number of carbonyl (C=O) groups is 1.